The Labute approximate surface area is 154 Å². The Hall–Kier alpha value is -3.39. The number of ether oxygens (including phenoxy) is 1. The molecule has 0 saturated carbocycles. The minimum Gasteiger partial charge on any atom is -0.432 e. The molecule has 0 saturated heterocycles. The average molecular weight is 340 g/mol. The van der Waals surface area contributed by atoms with Crippen LogP contribution in [0.25, 0.3) is 0 Å². The number of rotatable bonds is 6. The first kappa shape index (κ1) is 17.4. The molecule has 2 heteroatoms. The van der Waals surface area contributed by atoms with Crippen LogP contribution in [0.3, 0.4) is 0 Å². The van der Waals surface area contributed by atoms with Gasteiger partial charge in [-0.05, 0) is 22.8 Å². The second-order valence-electron chi connectivity index (χ2n) is 5.85. The van der Waals surface area contributed by atoms with Crippen LogP contribution in [0, 0.1) is 0 Å². The Bertz CT molecular complexity index is 785. The predicted octanol–water partition coefficient (Wildman–Crippen LogP) is 5.26. The van der Waals surface area contributed by atoms with Gasteiger partial charge in [0, 0.05) is 6.08 Å². The molecule has 2 nitrogen and oxygen atoms in total. The number of benzene rings is 3. The molecular formula is C24H20O2. The first-order valence-corrected chi connectivity index (χ1v) is 8.44. The predicted molar refractivity (Wildman–Crippen MR) is 105 cm³/mol. The summed E-state index contributed by atoms with van der Waals surface area (Å²) in [5.74, 6) is -0.482. The van der Waals surface area contributed by atoms with E-state index < -0.39 is 11.4 Å². The van der Waals surface area contributed by atoms with Gasteiger partial charge in [-0.2, -0.15) is 0 Å². The summed E-state index contributed by atoms with van der Waals surface area (Å²) in [6, 6.07) is 30.6. The van der Waals surface area contributed by atoms with E-state index in [1.807, 2.05) is 60.7 Å². The maximum Gasteiger partial charge on any atom is 0.334 e. The summed E-state index contributed by atoms with van der Waals surface area (Å²) in [6.45, 7) is 3.44. The van der Waals surface area contributed by atoms with E-state index in [1.54, 1.807) is 0 Å². The molecule has 128 valence electrons. The Morgan fingerprint density at radius 2 is 1.12 bits per heavy atom. The summed E-state index contributed by atoms with van der Waals surface area (Å²) < 4.78 is 5.17. The highest BCUT2D eigenvalue weighted by molar-refractivity contribution is 5.81. The minimum absolute atomic E-state index is 0.482. The molecular weight excluding hydrogens is 320 g/mol. The van der Waals surface area contributed by atoms with E-state index in [9.17, 15) is 4.79 Å². The van der Waals surface area contributed by atoms with Crippen LogP contribution >= 0.6 is 0 Å². The van der Waals surface area contributed by atoms with Crippen LogP contribution in [0.1, 0.15) is 16.7 Å². The maximum absolute atomic E-state index is 11.5. The molecule has 26 heavy (non-hydrogen) atoms. The molecule has 0 bridgehead atoms. The molecule has 0 aromatic heterocycles. The largest absolute Gasteiger partial charge is 0.432 e. The highest BCUT2D eigenvalue weighted by Crippen LogP contribution is 2.40. The summed E-state index contributed by atoms with van der Waals surface area (Å²) in [5, 5.41) is 0. The van der Waals surface area contributed by atoms with E-state index in [0.717, 1.165) is 22.8 Å². The molecule has 0 unspecified atom stereocenters. The molecule has 0 fully saturated rings. The van der Waals surface area contributed by atoms with Gasteiger partial charge in [0.1, 0.15) is 0 Å². The molecule has 0 aliphatic heterocycles. The standard InChI is InChI=1S/C24H20O2/c1-2-23(25)26-19-18-24(20-12-6-3-7-13-20,21-14-8-4-9-15-21)22-16-10-5-11-17-22/h2-19H,1H2. The van der Waals surface area contributed by atoms with Crippen molar-refractivity contribution >= 4 is 5.97 Å². The minimum atomic E-state index is -0.578. The van der Waals surface area contributed by atoms with Gasteiger partial charge < -0.3 is 4.74 Å². The highest BCUT2D eigenvalue weighted by Gasteiger charge is 2.33. The van der Waals surface area contributed by atoms with Crippen molar-refractivity contribution in [3.63, 3.8) is 0 Å². The third kappa shape index (κ3) is 3.50. The number of esters is 1. The molecule has 0 aliphatic carbocycles. The van der Waals surface area contributed by atoms with E-state index in [1.165, 1.54) is 6.26 Å². The number of carbonyl (C=O) groups is 1. The number of allylic oxidation sites excluding steroid dienone is 1. The second kappa shape index (κ2) is 8.13. The van der Waals surface area contributed by atoms with Crippen molar-refractivity contribution in [2.24, 2.45) is 0 Å². The summed E-state index contributed by atoms with van der Waals surface area (Å²) >= 11 is 0. The van der Waals surface area contributed by atoms with Crippen molar-refractivity contribution in [1.29, 1.82) is 0 Å². The Morgan fingerprint density at radius 1 is 0.731 bits per heavy atom. The number of hydrogen-bond acceptors (Lipinski definition) is 2. The molecule has 0 aliphatic rings. The van der Waals surface area contributed by atoms with Crippen molar-refractivity contribution in [2.45, 2.75) is 5.41 Å². The zero-order chi connectivity index (χ0) is 18.2. The molecule has 0 N–H and O–H groups in total. The van der Waals surface area contributed by atoms with Gasteiger partial charge in [0.2, 0.25) is 0 Å². The zero-order valence-corrected chi connectivity index (χ0v) is 14.4. The fraction of sp³-hybridized carbons (Fsp3) is 0.0417. The SMILES string of the molecule is C=CC(=O)OC=CC(c1ccccc1)(c1ccccc1)c1ccccc1. The molecule has 0 spiro atoms. The van der Waals surface area contributed by atoms with Gasteiger partial charge in [-0.1, -0.05) is 97.6 Å². The van der Waals surface area contributed by atoms with Crippen molar-refractivity contribution in [2.75, 3.05) is 0 Å². The number of carbonyl (C=O) groups excluding carboxylic acids is 1. The van der Waals surface area contributed by atoms with Crippen LogP contribution in [0.4, 0.5) is 0 Å². The average Bonchev–Trinajstić information content (AvgIpc) is 2.73. The van der Waals surface area contributed by atoms with Gasteiger partial charge in [0.05, 0.1) is 11.7 Å². The van der Waals surface area contributed by atoms with Crippen molar-refractivity contribution in [3.05, 3.63) is 133 Å². The monoisotopic (exact) mass is 340 g/mol. The van der Waals surface area contributed by atoms with Gasteiger partial charge in [0.25, 0.3) is 0 Å². The lowest BCUT2D eigenvalue weighted by Crippen LogP contribution is -2.27. The quantitative estimate of drug-likeness (QED) is 0.265. The molecule has 3 rings (SSSR count). The molecule has 0 heterocycles. The van der Waals surface area contributed by atoms with Crippen molar-refractivity contribution < 1.29 is 9.53 Å². The van der Waals surface area contributed by atoms with Gasteiger partial charge in [0.15, 0.2) is 0 Å². The summed E-state index contributed by atoms with van der Waals surface area (Å²) in [4.78, 5) is 11.5. The topological polar surface area (TPSA) is 26.3 Å². The molecule has 0 atom stereocenters. The molecule has 3 aromatic carbocycles. The fourth-order valence-corrected chi connectivity index (χ4v) is 3.14. The second-order valence-corrected chi connectivity index (χ2v) is 5.85. The van der Waals surface area contributed by atoms with Crippen LogP contribution < -0.4 is 0 Å². The lowest BCUT2D eigenvalue weighted by atomic mass is 9.69. The maximum atomic E-state index is 11.5. The third-order valence-electron chi connectivity index (χ3n) is 4.36. The normalized spacial score (nSPS) is 11.2. The molecule has 0 radical (unpaired) electrons. The number of hydrogen-bond donors (Lipinski definition) is 0. The molecule has 0 amide bonds. The van der Waals surface area contributed by atoms with E-state index in [2.05, 4.69) is 43.0 Å². The van der Waals surface area contributed by atoms with Gasteiger partial charge in [-0.3, -0.25) is 0 Å². The van der Waals surface area contributed by atoms with Crippen molar-refractivity contribution in [3.8, 4) is 0 Å². The summed E-state index contributed by atoms with van der Waals surface area (Å²) in [5.41, 5.74) is 2.68. The van der Waals surface area contributed by atoms with Crippen LogP contribution in [0.15, 0.2) is 116 Å². The third-order valence-corrected chi connectivity index (χ3v) is 4.36. The Morgan fingerprint density at radius 3 is 1.46 bits per heavy atom. The Kier molecular flexibility index (Phi) is 5.45. The van der Waals surface area contributed by atoms with E-state index in [4.69, 9.17) is 4.74 Å². The smallest absolute Gasteiger partial charge is 0.334 e. The first-order valence-electron chi connectivity index (χ1n) is 8.44. The van der Waals surface area contributed by atoms with Gasteiger partial charge >= 0.3 is 5.97 Å². The molecule has 3 aromatic rings. The van der Waals surface area contributed by atoms with E-state index >= 15 is 0 Å². The fourth-order valence-electron chi connectivity index (χ4n) is 3.14. The first-order chi connectivity index (χ1) is 12.8. The lowest BCUT2D eigenvalue weighted by Gasteiger charge is -2.32. The van der Waals surface area contributed by atoms with E-state index in [0.29, 0.717) is 0 Å². The van der Waals surface area contributed by atoms with Crippen LogP contribution in [-0.4, -0.2) is 5.97 Å². The van der Waals surface area contributed by atoms with Crippen LogP contribution in [0.5, 0.6) is 0 Å². The summed E-state index contributed by atoms with van der Waals surface area (Å²) in [6.07, 6.45) is 4.53. The highest BCUT2D eigenvalue weighted by atomic mass is 16.5. The van der Waals surface area contributed by atoms with Crippen molar-refractivity contribution in [1.82, 2.24) is 0 Å². The zero-order valence-electron chi connectivity index (χ0n) is 14.4. The van der Waals surface area contributed by atoms with Gasteiger partial charge in [-0.15, -0.1) is 0 Å². The summed E-state index contributed by atoms with van der Waals surface area (Å²) in [7, 11) is 0. The van der Waals surface area contributed by atoms with E-state index in [-0.39, 0.29) is 0 Å². The van der Waals surface area contributed by atoms with Gasteiger partial charge in [-0.25, -0.2) is 4.79 Å². The lowest BCUT2D eigenvalue weighted by molar-refractivity contribution is -0.132. The Balaban J connectivity index is 2.24. The van der Waals surface area contributed by atoms with Crippen LogP contribution in [-0.2, 0) is 14.9 Å². The van der Waals surface area contributed by atoms with Crippen LogP contribution in [0.2, 0.25) is 0 Å².